The van der Waals surface area contributed by atoms with Crippen LogP contribution in [0, 0.1) is 11.8 Å². The molecular formula is C23H31BrO5. The molecule has 1 aliphatic heterocycles. The third kappa shape index (κ3) is 5.02. The highest BCUT2D eigenvalue weighted by Crippen LogP contribution is 2.45. The molecule has 2 aliphatic rings. The normalized spacial score (nSPS) is 28.5. The Bertz CT molecular complexity index is 738. The second kappa shape index (κ2) is 8.76. The van der Waals surface area contributed by atoms with E-state index >= 15 is 0 Å². The molecule has 1 aromatic rings. The van der Waals surface area contributed by atoms with Crippen molar-refractivity contribution in [2.24, 2.45) is 11.8 Å². The van der Waals surface area contributed by atoms with Crippen LogP contribution in [0.2, 0.25) is 0 Å². The van der Waals surface area contributed by atoms with E-state index < -0.39 is 29.2 Å². The highest BCUT2D eigenvalue weighted by Gasteiger charge is 2.53. The smallest absolute Gasteiger partial charge is 0.338 e. The molecule has 0 spiro atoms. The lowest BCUT2D eigenvalue weighted by Gasteiger charge is -2.51. The molecule has 160 valence electrons. The molecular weight excluding hydrogens is 436 g/mol. The number of hydrogen-bond donors (Lipinski definition) is 1. The highest BCUT2D eigenvalue weighted by molar-refractivity contribution is 9.10. The molecule has 6 heteroatoms. The lowest BCUT2D eigenvalue weighted by Crippen LogP contribution is -2.59. The predicted octanol–water partition coefficient (Wildman–Crippen LogP) is 5.60. The molecule has 0 amide bonds. The van der Waals surface area contributed by atoms with Crippen LogP contribution in [0.1, 0.15) is 76.1 Å². The lowest BCUT2D eigenvalue weighted by molar-refractivity contribution is -0.241. The first-order valence-electron chi connectivity index (χ1n) is 10.5. The molecule has 0 aromatic heterocycles. The maximum absolute atomic E-state index is 12.9. The molecule has 1 aromatic carbocycles. The van der Waals surface area contributed by atoms with Gasteiger partial charge in [0.25, 0.3) is 0 Å². The number of halogens is 1. The largest absolute Gasteiger partial charge is 0.481 e. The molecule has 3 rings (SSSR count). The second-order valence-electron chi connectivity index (χ2n) is 9.18. The van der Waals surface area contributed by atoms with Crippen molar-refractivity contribution in [1.29, 1.82) is 0 Å². The van der Waals surface area contributed by atoms with Gasteiger partial charge in [0.2, 0.25) is 0 Å². The van der Waals surface area contributed by atoms with Crippen molar-refractivity contribution in [2.75, 3.05) is 0 Å². The fourth-order valence-electron chi connectivity index (χ4n) is 5.05. The summed E-state index contributed by atoms with van der Waals surface area (Å²) in [4.78, 5) is 24.6. The van der Waals surface area contributed by atoms with Crippen LogP contribution in [0.25, 0.3) is 0 Å². The molecule has 3 atom stereocenters. The first-order valence-corrected chi connectivity index (χ1v) is 11.3. The standard InChI is InChI=1S/C23H31BrO5/c1-22(2)18(20(25)26)13-14-23(3,29-22)19(15-7-5-4-6-8-15)28-21(27)16-9-11-17(24)12-10-16/h9-12,15,18-19H,4-8,13-14H2,1-3H3,(H,25,26)/t18-,19-,23-/m1/s1. The Labute approximate surface area is 181 Å². The minimum absolute atomic E-state index is 0.227. The summed E-state index contributed by atoms with van der Waals surface area (Å²) in [6.45, 7) is 5.65. The van der Waals surface area contributed by atoms with E-state index in [4.69, 9.17) is 9.47 Å². The Morgan fingerprint density at radius 1 is 1.10 bits per heavy atom. The van der Waals surface area contributed by atoms with E-state index in [1.54, 1.807) is 12.1 Å². The summed E-state index contributed by atoms with van der Waals surface area (Å²) in [5.74, 6) is -1.52. The van der Waals surface area contributed by atoms with E-state index in [1.165, 1.54) is 6.42 Å². The molecule has 29 heavy (non-hydrogen) atoms. The number of aliphatic carboxylic acids is 1. The number of benzene rings is 1. The van der Waals surface area contributed by atoms with Gasteiger partial charge in [-0.2, -0.15) is 0 Å². The van der Waals surface area contributed by atoms with Crippen LogP contribution >= 0.6 is 15.9 Å². The van der Waals surface area contributed by atoms with E-state index in [9.17, 15) is 14.7 Å². The van der Waals surface area contributed by atoms with Gasteiger partial charge in [0.05, 0.1) is 17.1 Å². The van der Waals surface area contributed by atoms with Crippen LogP contribution in [0.3, 0.4) is 0 Å². The minimum Gasteiger partial charge on any atom is -0.481 e. The Hall–Kier alpha value is -1.40. The molecule has 1 aliphatic carbocycles. The zero-order chi connectivity index (χ0) is 21.2. The third-order valence-corrected chi connectivity index (χ3v) is 7.09. The molecule has 0 radical (unpaired) electrons. The van der Waals surface area contributed by atoms with Crippen molar-refractivity contribution in [2.45, 2.75) is 83.0 Å². The summed E-state index contributed by atoms with van der Waals surface area (Å²) in [6.07, 6.45) is 6.12. The minimum atomic E-state index is -0.835. The molecule has 0 unspecified atom stereocenters. The molecule has 1 heterocycles. The predicted molar refractivity (Wildman–Crippen MR) is 114 cm³/mol. The summed E-state index contributed by atoms with van der Waals surface area (Å²) < 4.78 is 13.5. The summed E-state index contributed by atoms with van der Waals surface area (Å²) in [6, 6.07) is 7.15. The van der Waals surface area contributed by atoms with Crippen molar-refractivity contribution in [1.82, 2.24) is 0 Å². The van der Waals surface area contributed by atoms with E-state index in [0.717, 1.165) is 30.2 Å². The molecule has 1 saturated heterocycles. The number of carboxylic acid groups (broad SMARTS) is 1. The van der Waals surface area contributed by atoms with Gasteiger partial charge in [0.1, 0.15) is 11.7 Å². The maximum atomic E-state index is 12.9. The Morgan fingerprint density at radius 3 is 2.28 bits per heavy atom. The SMILES string of the molecule is CC1(C)O[C@@](C)([C@H](OC(=O)c2ccc(Br)cc2)C2CCCCC2)CC[C@@H]1C(=O)O. The molecule has 1 saturated carbocycles. The van der Waals surface area contributed by atoms with Gasteiger partial charge in [0.15, 0.2) is 0 Å². The molecule has 0 bridgehead atoms. The summed E-state index contributed by atoms with van der Waals surface area (Å²) in [7, 11) is 0. The Balaban J connectivity index is 1.86. The van der Waals surface area contributed by atoms with Crippen LogP contribution in [0.4, 0.5) is 0 Å². The second-order valence-corrected chi connectivity index (χ2v) is 10.1. The van der Waals surface area contributed by atoms with Crippen LogP contribution in [-0.2, 0) is 14.3 Å². The average Bonchev–Trinajstić information content (AvgIpc) is 2.66. The van der Waals surface area contributed by atoms with Gasteiger partial charge in [-0.1, -0.05) is 35.2 Å². The Kier molecular flexibility index (Phi) is 6.74. The van der Waals surface area contributed by atoms with Gasteiger partial charge in [-0.15, -0.1) is 0 Å². The monoisotopic (exact) mass is 466 g/mol. The number of carboxylic acids is 1. The zero-order valence-corrected chi connectivity index (χ0v) is 19.0. The number of carbonyl (C=O) groups excluding carboxylic acids is 1. The van der Waals surface area contributed by atoms with Gasteiger partial charge in [-0.25, -0.2) is 4.79 Å². The van der Waals surface area contributed by atoms with Crippen LogP contribution in [0.5, 0.6) is 0 Å². The molecule has 5 nitrogen and oxygen atoms in total. The van der Waals surface area contributed by atoms with E-state index in [1.807, 2.05) is 32.9 Å². The quantitative estimate of drug-likeness (QED) is 0.571. The van der Waals surface area contributed by atoms with Crippen LogP contribution < -0.4 is 0 Å². The van der Waals surface area contributed by atoms with Crippen molar-refractivity contribution in [3.8, 4) is 0 Å². The molecule has 1 N–H and O–H groups in total. The van der Waals surface area contributed by atoms with Crippen molar-refractivity contribution >= 4 is 27.9 Å². The van der Waals surface area contributed by atoms with Gasteiger partial charge >= 0.3 is 11.9 Å². The van der Waals surface area contributed by atoms with Gasteiger partial charge in [-0.05, 0) is 76.6 Å². The molecule has 2 fully saturated rings. The van der Waals surface area contributed by atoms with E-state index in [2.05, 4.69) is 15.9 Å². The average molecular weight is 467 g/mol. The van der Waals surface area contributed by atoms with E-state index in [0.29, 0.717) is 18.4 Å². The van der Waals surface area contributed by atoms with Crippen molar-refractivity contribution in [3.05, 3.63) is 34.3 Å². The van der Waals surface area contributed by atoms with Gasteiger partial charge < -0.3 is 14.6 Å². The first-order chi connectivity index (χ1) is 13.6. The fourth-order valence-corrected chi connectivity index (χ4v) is 5.31. The Morgan fingerprint density at radius 2 is 1.72 bits per heavy atom. The number of carbonyl (C=O) groups is 2. The topological polar surface area (TPSA) is 72.8 Å². The first kappa shape index (κ1) is 22.3. The van der Waals surface area contributed by atoms with Crippen LogP contribution in [0.15, 0.2) is 28.7 Å². The maximum Gasteiger partial charge on any atom is 0.338 e. The number of hydrogen-bond acceptors (Lipinski definition) is 4. The lowest BCUT2D eigenvalue weighted by atomic mass is 9.72. The third-order valence-electron chi connectivity index (χ3n) is 6.56. The number of esters is 1. The van der Waals surface area contributed by atoms with Crippen molar-refractivity contribution in [3.63, 3.8) is 0 Å². The summed E-state index contributed by atoms with van der Waals surface area (Å²) in [5, 5.41) is 9.58. The van der Waals surface area contributed by atoms with E-state index in [-0.39, 0.29) is 11.9 Å². The number of rotatable bonds is 5. The van der Waals surface area contributed by atoms with Gasteiger partial charge in [0, 0.05) is 4.47 Å². The number of ether oxygens (including phenoxy) is 2. The highest BCUT2D eigenvalue weighted by atomic mass is 79.9. The summed E-state index contributed by atoms with van der Waals surface area (Å²) in [5.41, 5.74) is -1.02. The van der Waals surface area contributed by atoms with Gasteiger partial charge in [-0.3, -0.25) is 4.79 Å². The fraction of sp³-hybridized carbons (Fsp3) is 0.652. The summed E-state index contributed by atoms with van der Waals surface area (Å²) >= 11 is 3.39. The zero-order valence-electron chi connectivity index (χ0n) is 17.4. The van der Waals surface area contributed by atoms with Crippen molar-refractivity contribution < 1.29 is 24.2 Å². The van der Waals surface area contributed by atoms with Crippen LogP contribution in [-0.4, -0.2) is 34.4 Å².